The molecule has 0 N–H and O–H groups in total. The molecule has 0 saturated carbocycles. The fraction of sp³-hybridized carbons (Fsp3) is 0.364. The number of carbonyl (C=O) groups excluding carboxylic acids is 1. The second kappa shape index (κ2) is 6.22. The van der Waals surface area contributed by atoms with Crippen LogP contribution < -0.4 is 4.74 Å². The fourth-order valence-electron chi connectivity index (χ4n) is 1.30. The van der Waals surface area contributed by atoms with Gasteiger partial charge in [-0.2, -0.15) is 13.2 Å². The van der Waals surface area contributed by atoms with Gasteiger partial charge in [0.2, 0.25) is 0 Å². The Bertz CT molecular complexity index is 515. The van der Waals surface area contributed by atoms with Crippen LogP contribution in [0.3, 0.4) is 0 Å². The molecule has 0 saturated heterocycles. The van der Waals surface area contributed by atoms with Crippen molar-refractivity contribution in [3.05, 3.63) is 33.9 Å². The number of rotatable bonds is 5. The van der Waals surface area contributed by atoms with Gasteiger partial charge in [0.05, 0.1) is 30.6 Å². The lowest BCUT2D eigenvalue weighted by Gasteiger charge is -2.09. The number of halogens is 3. The van der Waals surface area contributed by atoms with Crippen molar-refractivity contribution in [3.8, 4) is 5.75 Å². The van der Waals surface area contributed by atoms with Crippen LogP contribution in [0.2, 0.25) is 0 Å². The van der Waals surface area contributed by atoms with E-state index in [1.165, 1.54) is 0 Å². The average Bonchev–Trinajstić information content (AvgIpc) is 2.37. The zero-order valence-corrected chi connectivity index (χ0v) is 10.3. The Balaban J connectivity index is 2.91. The van der Waals surface area contributed by atoms with Crippen LogP contribution in [-0.4, -0.2) is 24.6 Å². The van der Waals surface area contributed by atoms with Crippen molar-refractivity contribution in [1.29, 1.82) is 0 Å². The van der Waals surface area contributed by atoms with Crippen LogP contribution in [0.4, 0.5) is 18.9 Å². The number of hydrogen-bond acceptors (Lipinski definition) is 5. The van der Waals surface area contributed by atoms with Crippen LogP contribution in [0.1, 0.15) is 12.0 Å². The van der Waals surface area contributed by atoms with Crippen LogP contribution >= 0.6 is 0 Å². The first-order valence-corrected chi connectivity index (χ1v) is 5.31. The Labute approximate surface area is 111 Å². The van der Waals surface area contributed by atoms with Gasteiger partial charge >= 0.3 is 17.8 Å². The van der Waals surface area contributed by atoms with E-state index in [4.69, 9.17) is 4.74 Å². The summed E-state index contributed by atoms with van der Waals surface area (Å²) in [5.41, 5.74) is -1.96. The monoisotopic (exact) mass is 293 g/mol. The molecule has 0 heterocycles. The summed E-state index contributed by atoms with van der Waals surface area (Å²) in [6.07, 6.45) is -4.86. The Hall–Kier alpha value is -2.32. The first-order chi connectivity index (χ1) is 9.25. The van der Waals surface area contributed by atoms with Gasteiger partial charge in [-0.3, -0.25) is 14.9 Å². The molecule has 1 aromatic rings. The smallest absolute Gasteiger partial charge is 0.416 e. The molecule has 0 aromatic heterocycles. The van der Waals surface area contributed by atoms with Gasteiger partial charge in [0.15, 0.2) is 5.75 Å². The number of hydrogen-bond donors (Lipinski definition) is 0. The highest BCUT2D eigenvalue weighted by Crippen LogP contribution is 2.36. The van der Waals surface area contributed by atoms with Crippen molar-refractivity contribution in [2.45, 2.75) is 12.6 Å². The molecule has 20 heavy (non-hydrogen) atoms. The molecule has 1 rings (SSSR count). The van der Waals surface area contributed by atoms with E-state index in [1.807, 2.05) is 0 Å². The summed E-state index contributed by atoms with van der Waals surface area (Å²) < 4.78 is 46.6. The Morgan fingerprint density at radius 2 is 2.05 bits per heavy atom. The minimum atomic E-state index is -4.69. The summed E-state index contributed by atoms with van der Waals surface area (Å²) in [5, 5.41) is 10.7. The van der Waals surface area contributed by atoms with Crippen LogP contribution in [0.5, 0.6) is 5.75 Å². The van der Waals surface area contributed by atoms with E-state index in [-0.39, 0.29) is 18.8 Å². The highest BCUT2D eigenvalue weighted by molar-refractivity contribution is 5.69. The van der Waals surface area contributed by atoms with Crippen LogP contribution in [0.15, 0.2) is 18.2 Å². The summed E-state index contributed by atoms with van der Waals surface area (Å²) in [4.78, 5) is 20.6. The van der Waals surface area contributed by atoms with Gasteiger partial charge in [-0.05, 0) is 12.1 Å². The predicted molar refractivity (Wildman–Crippen MR) is 60.2 cm³/mol. The van der Waals surface area contributed by atoms with Gasteiger partial charge in [0, 0.05) is 6.07 Å². The Kier molecular flexibility index (Phi) is 4.89. The zero-order chi connectivity index (χ0) is 15.3. The van der Waals surface area contributed by atoms with Gasteiger partial charge < -0.3 is 9.47 Å². The highest BCUT2D eigenvalue weighted by Gasteiger charge is 2.33. The van der Waals surface area contributed by atoms with Crippen LogP contribution in [0, 0.1) is 10.1 Å². The number of nitrogens with zero attached hydrogens (tertiary/aromatic N) is 1. The van der Waals surface area contributed by atoms with Gasteiger partial charge in [-0.1, -0.05) is 0 Å². The van der Waals surface area contributed by atoms with E-state index >= 15 is 0 Å². The largest absolute Gasteiger partial charge is 0.486 e. The summed E-state index contributed by atoms with van der Waals surface area (Å²) >= 11 is 0. The second-order valence-corrected chi connectivity index (χ2v) is 3.61. The molecule has 0 fully saturated rings. The summed E-state index contributed by atoms with van der Waals surface area (Å²) in [7, 11) is 1.16. The molecular weight excluding hydrogens is 283 g/mol. The number of alkyl halides is 3. The van der Waals surface area contributed by atoms with E-state index in [0.29, 0.717) is 12.1 Å². The maximum atomic E-state index is 12.4. The van der Waals surface area contributed by atoms with E-state index in [9.17, 15) is 28.1 Å². The van der Waals surface area contributed by atoms with Gasteiger partial charge in [0.25, 0.3) is 0 Å². The molecule has 0 spiro atoms. The molecule has 1 aromatic carbocycles. The van der Waals surface area contributed by atoms with E-state index in [0.717, 1.165) is 13.2 Å². The molecule has 0 amide bonds. The van der Waals surface area contributed by atoms with E-state index < -0.39 is 28.3 Å². The third-order valence-electron chi connectivity index (χ3n) is 2.27. The average molecular weight is 293 g/mol. The third kappa shape index (κ3) is 4.11. The summed E-state index contributed by atoms with van der Waals surface area (Å²) in [6.45, 7) is -0.237. The maximum Gasteiger partial charge on any atom is 0.416 e. The predicted octanol–water partition coefficient (Wildman–Crippen LogP) is 2.56. The number of esters is 1. The fourth-order valence-corrected chi connectivity index (χ4v) is 1.30. The lowest BCUT2D eigenvalue weighted by atomic mass is 10.2. The number of nitro groups is 1. The number of ether oxygens (including phenoxy) is 2. The maximum absolute atomic E-state index is 12.4. The molecule has 0 aliphatic rings. The normalized spacial score (nSPS) is 11.0. The summed E-state index contributed by atoms with van der Waals surface area (Å²) in [6, 6.07) is 1.90. The van der Waals surface area contributed by atoms with Gasteiger partial charge in [0.1, 0.15) is 0 Å². The first kappa shape index (κ1) is 15.7. The minimum absolute atomic E-state index is 0.172. The molecule has 0 atom stereocenters. The minimum Gasteiger partial charge on any atom is -0.486 e. The summed E-state index contributed by atoms with van der Waals surface area (Å²) in [5.74, 6) is -0.938. The molecule has 0 aliphatic heterocycles. The standard InChI is InChI=1S/C11H10F3NO5/c1-19-10(16)4-5-20-9-3-2-7(11(12,13)14)6-8(9)15(17)18/h2-3,6H,4-5H2,1H3. The number of nitro benzene ring substituents is 1. The highest BCUT2D eigenvalue weighted by atomic mass is 19.4. The first-order valence-electron chi connectivity index (χ1n) is 5.31. The van der Waals surface area contributed by atoms with Crippen molar-refractivity contribution in [2.75, 3.05) is 13.7 Å². The Morgan fingerprint density at radius 3 is 2.55 bits per heavy atom. The van der Waals surface area contributed by atoms with E-state index in [2.05, 4.69) is 4.74 Å². The second-order valence-electron chi connectivity index (χ2n) is 3.61. The SMILES string of the molecule is COC(=O)CCOc1ccc(C(F)(F)F)cc1[N+](=O)[O-]. The van der Waals surface area contributed by atoms with Crippen LogP contribution in [-0.2, 0) is 15.7 Å². The topological polar surface area (TPSA) is 78.7 Å². The van der Waals surface area contributed by atoms with E-state index in [1.54, 1.807) is 0 Å². The molecule has 9 heteroatoms. The molecule has 0 aliphatic carbocycles. The molecule has 0 radical (unpaired) electrons. The molecule has 0 unspecified atom stereocenters. The number of methoxy groups -OCH3 is 1. The molecule has 110 valence electrons. The lowest BCUT2D eigenvalue weighted by molar-refractivity contribution is -0.386. The van der Waals surface area contributed by atoms with Crippen molar-refractivity contribution in [1.82, 2.24) is 0 Å². The van der Waals surface area contributed by atoms with Crippen molar-refractivity contribution < 1.29 is 32.4 Å². The quantitative estimate of drug-likeness (QED) is 0.473. The Morgan fingerprint density at radius 1 is 1.40 bits per heavy atom. The number of benzene rings is 1. The van der Waals surface area contributed by atoms with Crippen molar-refractivity contribution >= 4 is 11.7 Å². The molecule has 0 bridgehead atoms. The third-order valence-corrected chi connectivity index (χ3v) is 2.27. The lowest BCUT2D eigenvalue weighted by Crippen LogP contribution is -2.10. The molecule has 6 nitrogen and oxygen atoms in total. The van der Waals surface area contributed by atoms with Gasteiger partial charge in [-0.15, -0.1) is 0 Å². The van der Waals surface area contributed by atoms with Crippen molar-refractivity contribution in [3.63, 3.8) is 0 Å². The van der Waals surface area contributed by atoms with Crippen molar-refractivity contribution in [2.24, 2.45) is 0 Å². The van der Waals surface area contributed by atoms with Crippen LogP contribution in [0.25, 0.3) is 0 Å². The van der Waals surface area contributed by atoms with Gasteiger partial charge in [-0.25, -0.2) is 0 Å². The number of carbonyl (C=O) groups is 1. The molecular formula is C11H10F3NO5. The zero-order valence-electron chi connectivity index (χ0n) is 10.3.